The van der Waals surface area contributed by atoms with Crippen LogP contribution in [0.25, 0.3) is 11.3 Å². The lowest BCUT2D eigenvalue weighted by Crippen LogP contribution is -2.26. The fraction of sp³-hybridized carbons (Fsp3) is 0.591. The molecule has 2 aromatic rings. The third kappa shape index (κ3) is 3.76. The molecular weight excluding hydrogens is 336 g/mol. The summed E-state index contributed by atoms with van der Waals surface area (Å²) in [6.07, 6.45) is 2.25. The summed E-state index contributed by atoms with van der Waals surface area (Å²) in [5.41, 5.74) is 3.49. The molecule has 0 bridgehead atoms. The van der Waals surface area contributed by atoms with Crippen molar-refractivity contribution in [1.82, 2.24) is 19.6 Å². The molecule has 4 rings (SSSR count). The number of hydrogen-bond donors (Lipinski definition) is 0. The van der Waals surface area contributed by atoms with Gasteiger partial charge in [0.15, 0.2) is 0 Å². The monoisotopic (exact) mass is 368 g/mol. The van der Waals surface area contributed by atoms with E-state index in [1.165, 1.54) is 31.7 Å². The molecule has 0 N–H and O–H groups in total. The van der Waals surface area contributed by atoms with Crippen LogP contribution in [0.5, 0.6) is 5.75 Å². The first kappa shape index (κ1) is 18.5. The van der Waals surface area contributed by atoms with Crippen LogP contribution < -0.4 is 4.74 Å². The van der Waals surface area contributed by atoms with Crippen LogP contribution in [0, 0.1) is 11.8 Å². The van der Waals surface area contributed by atoms with Crippen molar-refractivity contribution in [2.24, 2.45) is 11.8 Å². The van der Waals surface area contributed by atoms with Gasteiger partial charge in [0.25, 0.3) is 0 Å². The van der Waals surface area contributed by atoms with E-state index in [9.17, 15) is 0 Å². The Balaban J connectivity index is 1.62. The molecule has 0 unspecified atom stereocenters. The second-order valence-electron chi connectivity index (χ2n) is 9.29. The maximum atomic E-state index is 5.43. The molecule has 1 aromatic carbocycles. The number of ether oxygens (including phenoxy) is 1. The maximum absolute atomic E-state index is 5.43. The normalized spacial score (nSPS) is 23.7. The minimum absolute atomic E-state index is 0.0317. The van der Waals surface area contributed by atoms with E-state index in [-0.39, 0.29) is 5.54 Å². The standard InChI is InChI=1S/C22H32N4O/c1-22(2,3)26-15-19(14-25-12-17-10-24(4)11-18(17)13-25)21(23-26)16-7-6-8-20(9-16)27-5/h6-9,15,17-18H,10-14H2,1-5H3/t17-,18+. The van der Waals surface area contributed by atoms with Crippen molar-refractivity contribution >= 4 is 0 Å². The van der Waals surface area contributed by atoms with E-state index in [2.05, 4.69) is 60.6 Å². The van der Waals surface area contributed by atoms with Crippen molar-refractivity contribution in [3.63, 3.8) is 0 Å². The number of fused-ring (bicyclic) bond motifs is 1. The van der Waals surface area contributed by atoms with Crippen molar-refractivity contribution in [3.05, 3.63) is 36.0 Å². The van der Waals surface area contributed by atoms with Crippen LogP contribution in [0.4, 0.5) is 0 Å². The molecular formula is C22H32N4O. The van der Waals surface area contributed by atoms with Gasteiger partial charge >= 0.3 is 0 Å². The molecule has 0 saturated carbocycles. The second-order valence-corrected chi connectivity index (χ2v) is 9.29. The zero-order chi connectivity index (χ0) is 19.2. The van der Waals surface area contributed by atoms with Gasteiger partial charge in [0.2, 0.25) is 0 Å². The number of likely N-dealkylation sites (tertiary alicyclic amines) is 2. The minimum atomic E-state index is -0.0317. The Labute approximate surface area is 162 Å². The summed E-state index contributed by atoms with van der Waals surface area (Å²) in [6, 6.07) is 8.26. The first-order chi connectivity index (χ1) is 12.8. The summed E-state index contributed by atoms with van der Waals surface area (Å²) in [4.78, 5) is 5.10. The fourth-order valence-electron chi connectivity index (χ4n) is 4.58. The van der Waals surface area contributed by atoms with Gasteiger partial charge in [-0.2, -0.15) is 5.10 Å². The molecule has 0 radical (unpaired) electrons. The highest BCUT2D eigenvalue weighted by Gasteiger charge is 2.38. The molecule has 2 fully saturated rings. The lowest BCUT2D eigenvalue weighted by Gasteiger charge is -2.19. The summed E-state index contributed by atoms with van der Waals surface area (Å²) in [5, 5.41) is 4.98. The van der Waals surface area contributed by atoms with Crippen molar-refractivity contribution < 1.29 is 4.74 Å². The third-order valence-corrected chi connectivity index (χ3v) is 5.96. The smallest absolute Gasteiger partial charge is 0.119 e. The number of hydrogen-bond acceptors (Lipinski definition) is 4. The van der Waals surface area contributed by atoms with Gasteiger partial charge in [-0.15, -0.1) is 0 Å². The highest BCUT2D eigenvalue weighted by molar-refractivity contribution is 5.64. The van der Waals surface area contributed by atoms with E-state index in [1.54, 1.807) is 7.11 Å². The van der Waals surface area contributed by atoms with Crippen molar-refractivity contribution in [2.45, 2.75) is 32.9 Å². The van der Waals surface area contributed by atoms with Crippen molar-refractivity contribution in [1.29, 1.82) is 0 Å². The number of aromatic nitrogens is 2. The van der Waals surface area contributed by atoms with E-state index >= 15 is 0 Å². The van der Waals surface area contributed by atoms with Gasteiger partial charge in [0.05, 0.1) is 18.3 Å². The highest BCUT2D eigenvalue weighted by Crippen LogP contribution is 2.33. The van der Waals surface area contributed by atoms with E-state index < -0.39 is 0 Å². The molecule has 0 aliphatic carbocycles. The minimum Gasteiger partial charge on any atom is -0.497 e. The summed E-state index contributed by atoms with van der Waals surface area (Å²) < 4.78 is 7.55. The fourth-order valence-corrected chi connectivity index (χ4v) is 4.58. The quantitative estimate of drug-likeness (QED) is 0.829. The zero-order valence-corrected chi connectivity index (χ0v) is 17.3. The van der Waals surface area contributed by atoms with E-state index in [0.717, 1.165) is 35.4 Å². The zero-order valence-electron chi connectivity index (χ0n) is 17.3. The van der Waals surface area contributed by atoms with Crippen molar-refractivity contribution in [2.75, 3.05) is 40.3 Å². The Bertz CT molecular complexity index is 793. The second kappa shape index (κ2) is 6.95. The lowest BCUT2D eigenvalue weighted by atomic mass is 10.0. The summed E-state index contributed by atoms with van der Waals surface area (Å²) in [6.45, 7) is 12.5. The molecule has 5 heteroatoms. The molecule has 3 heterocycles. The van der Waals surface area contributed by atoms with Crippen molar-refractivity contribution in [3.8, 4) is 17.0 Å². The van der Waals surface area contributed by atoms with Crippen LogP contribution >= 0.6 is 0 Å². The van der Waals surface area contributed by atoms with Crippen LogP contribution in [0.1, 0.15) is 26.3 Å². The Morgan fingerprint density at radius 2 is 1.81 bits per heavy atom. The number of benzene rings is 1. The summed E-state index contributed by atoms with van der Waals surface area (Å²) >= 11 is 0. The average Bonchev–Trinajstić information content (AvgIpc) is 3.27. The Morgan fingerprint density at radius 3 is 2.44 bits per heavy atom. The molecule has 146 valence electrons. The molecule has 0 amide bonds. The molecule has 2 saturated heterocycles. The van der Waals surface area contributed by atoms with Gasteiger partial charge in [-0.05, 0) is 51.8 Å². The Hall–Kier alpha value is -1.85. The predicted octanol–water partition coefficient (Wildman–Crippen LogP) is 3.31. The van der Waals surface area contributed by atoms with Crippen LogP contribution in [0.3, 0.4) is 0 Å². The molecule has 2 atom stereocenters. The van der Waals surface area contributed by atoms with Gasteiger partial charge in [-0.3, -0.25) is 9.58 Å². The average molecular weight is 369 g/mol. The van der Waals surface area contributed by atoms with Gasteiger partial charge in [0.1, 0.15) is 5.75 Å². The maximum Gasteiger partial charge on any atom is 0.119 e. The summed E-state index contributed by atoms with van der Waals surface area (Å²) in [5.74, 6) is 2.53. The number of methoxy groups -OCH3 is 1. The van der Waals surface area contributed by atoms with Gasteiger partial charge in [0, 0.05) is 50.0 Å². The first-order valence-corrected chi connectivity index (χ1v) is 9.98. The van der Waals surface area contributed by atoms with Crippen LogP contribution in [-0.2, 0) is 12.1 Å². The number of rotatable bonds is 4. The molecule has 1 aromatic heterocycles. The highest BCUT2D eigenvalue weighted by atomic mass is 16.5. The topological polar surface area (TPSA) is 33.5 Å². The lowest BCUT2D eigenvalue weighted by molar-refractivity contribution is 0.272. The molecule has 2 aliphatic heterocycles. The Kier molecular flexibility index (Phi) is 4.77. The van der Waals surface area contributed by atoms with E-state index in [1.807, 2.05) is 12.1 Å². The van der Waals surface area contributed by atoms with Crippen LogP contribution in [0.2, 0.25) is 0 Å². The van der Waals surface area contributed by atoms with E-state index in [4.69, 9.17) is 9.84 Å². The van der Waals surface area contributed by atoms with Gasteiger partial charge in [-0.1, -0.05) is 12.1 Å². The Morgan fingerprint density at radius 1 is 1.11 bits per heavy atom. The first-order valence-electron chi connectivity index (χ1n) is 9.98. The number of nitrogens with zero attached hydrogens (tertiary/aromatic N) is 4. The third-order valence-electron chi connectivity index (χ3n) is 5.96. The van der Waals surface area contributed by atoms with Crippen LogP contribution in [-0.4, -0.2) is 59.9 Å². The van der Waals surface area contributed by atoms with E-state index in [0.29, 0.717) is 0 Å². The summed E-state index contributed by atoms with van der Waals surface area (Å²) in [7, 11) is 3.96. The molecule has 27 heavy (non-hydrogen) atoms. The predicted molar refractivity (Wildman–Crippen MR) is 109 cm³/mol. The molecule has 5 nitrogen and oxygen atoms in total. The van der Waals surface area contributed by atoms with Crippen LogP contribution in [0.15, 0.2) is 30.5 Å². The van der Waals surface area contributed by atoms with Gasteiger partial charge < -0.3 is 9.64 Å². The van der Waals surface area contributed by atoms with Gasteiger partial charge in [-0.25, -0.2) is 0 Å². The SMILES string of the molecule is COc1cccc(-c2nn(C(C)(C)C)cc2CN2C[C@H]3CN(C)C[C@H]3C2)c1. The molecule has 0 spiro atoms. The largest absolute Gasteiger partial charge is 0.497 e. The molecule has 2 aliphatic rings.